The SMILES string of the molecule is CCCCC(=O)OC[C@@]1(C)C(OC(=O)CCCC)CC[C@]2(C)C(CC/C(C)=C/C(=O)O)=C(C)C[C@@H](O)C12. The zero-order chi connectivity index (χ0) is 27.8. The Balaban J connectivity index is 2.41. The second kappa shape index (κ2) is 13.6. The lowest BCUT2D eigenvalue weighted by Gasteiger charge is -2.59. The van der Waals surface area contributed by atoms with Crippen molar-refractivity contribution in [3.05, 3.63) is 22.8 Å². The Morgan fingerprint density at radius 2 is 1.68 bits per heavy atom. The number of hydrogen-bond acceptors (Lipinski definition) is 6. The summed E-state index contributed by atoms with van der Waals surface area (Å²) in [6.45, 7) is 12.2. The van der Waals surface area contributed by atoms with Crippen molar-refractivity contribution in [3.63, 3.8) is 0 Å². The third-order valence-electron chi connectivity index (χ3n) is 8.59. The van der Waals surface area contributed by atoms with Crippen LogP contribution in [-0.2, 0) is 23.9 Å². The molecule has 0 aromatic carbocycles. The molecular formula is C30H48O7. The fourth-order valence-electron chi connectivity index (χ4n) is 6.74. The van der Waals surface area contributed by atoms with Gasteiger partial charge >= 0.3 is 17.9 Å². The van der Waals surface area contributed by atoms with E-state index in [2.05, 4.69) is 13.8 Å². The van der Waals surface area contributed by atoms with Crippen LogP contribution in [0.25, 0.3) is 0 Å². The highest BCUT2D eigenvalue weighted by molar-refractivity contribution is 5.80. The molecule has 0 amide bonds. The van der Waals surface area contributed by atoms with Gasteiger partial charge in [0.15, 0.2) is 0 Å². The Bertz CT molecular complexity index is 888. The van der Waals surface area contributed by atoms with E-state index in [1.165, 1.54) is 11.6 Å². The Kier molecular flexibility index (Phi) is 11.4. The number of aliphatic hydroxyl groups is 1. The van der Waals surface area contributed by atoms with E-state index >= 15 is 0 Å². The lowest BCUT2D eigenvalue weighted by atomic mass is 9.47. The largest absolute Gasteiger partial charge is 0.478 e. The van der Waals surface area contributed by atoms with Gasteiger partial charge in [-0.25, -0.2) is 4.79 Å². The number of aliphatic hydroxyl groups excluding tert-OH is 1. The average Bonchev–Trinajstić information content (AvgIpc) is 2.81. The second-order valence-corrected chi connectivity index (χ2v) is 11.6. The Morgan fingerprint density at radius 3 is 2.27 bits per heavy atom. The van der Waals surface area contributed by atoms with Crippen LogP contribution in [0.3, 0.4) is 0 Å². The summed E-state index contributed by atoms with van der Waals surface area (Å²) in [6.07, 6.45) is 7.28. The van der Waals surface area contributed by atoms with Crippen LogP contribution < -0.4 is 0 Å². The summed E-state index contributed by atoms with van der Waals surface area (Å²) in [6, 6.07) is 0. The summed E-state index contributed by atoms with van der Waals surface area (Å²) in [7, 11) is 0. The van der Waals surface area contributed by atoms with Crippen LogP contribution >= 0.6 is 0 Å². The van der Waals surface area contributed by atoms with Crippen LogP contribution in [0.2, 0.25) is 0 Å². The Morgan fingerprint density at radius 1 is 1.05 bits per heavy atom. The van der Waals surface area contributed by atoms with Gasteiger partial charge in [0.05, 0.1) is 6.10 Å². The highest BCUT2D eigenvalue weighted by Gasteiger charge is 2.60. The van der Waals surface area contributed by atoms with E-state index in [0.29, 0.717) is 38.5 Å². The first-order chi connectivity index (χ1) is 17.4. The second-order valence-electron chi connectivity index (χ2n) is 11.6. The van der Waals surface area contributed by atoms with Gasteiger partial charge in [-0.3, -0.25) is 9.59 Å². The minimum atomic E-state index is -0.950. The number of carbonyl (C=O) groups is 3. The lowest BCUT2D eigenvalue weighted by Crippen LogP contribution is -2.61. The molecule has 0 aromatic heterocycles. The first-order valence-electron chi connectivity index (χ1n) is 14.0. The fraction of sp³-hybridized carbons (Fsp3) is 0.767. The van der Waals surface area contributed by atoms with Gasteiger partial charge in [0.1, 0.15) is 12.7 Å². The third-order valence-corrected chi connectivity index (χ3v) is 8.59. The molecule has 7 nitrogen and oxygen atoms in total. The molecule has 5 atom stereocenters. The molecule has 2 unspecified atom stereocenters. The van der Waals surface area contributed by atoms with E-state index < -0.39 is 23.6 Å². The maximum atomic E-state index is 12.7. The van der Waals surface area contributed by atoms with Crippen molar-refractivity contribution in [2.45, 2.75) is 124 Å². The van der Waals surface area contributed by atoms with E-state index in [1.807, 2.05) is 27.7 Å². The van der Waals surface area contributed by atoms with Crippen LogP contribution in [0.5, 0.6) is 0 Å². The normalized spacial score (nSPS) is 30.0. The number of rotatable bonds is 13. The molecular weight excluding hydrogens is 472 g/mol. The summed E-state index contributed by atoms with van der Waals surface area (Å²) in [5, 5.41) is 20.6. The first kappa shape index (κ1) is 31.1. The van der Waals surface area contributed by atoms with Crippen LogP contribution in [0.15, 0.2) is 22.8 Å². The van der Waals surface area contributed by atoms with Gasteiger partial charge in [-0.2, -0.15) is 0 Å². The minimum Gasteiger partial charge on any atom is -0.478 e. The molecule has 1 saturated carbocycles. The first-order valence-corrected chi connectivity index (χ1v) is 14.0. The number of carboxylic acids is 1. The molecule has 210 valence electrons. The summed E-state index contributed by atoms with van der Waals surface area (Å²) >= 11 is 0. The molecule has 0 spiro atoms. The molecule has 0 aromatic rings. The third kappa shape index (κ3) is 7.68. The average molecular weight is 521 g/mol. The van der Waals surface area contributed by atoms with Crippen molar-refractivity contribution in [2.75, 3.05) is 6.61 Å². The number of unbranched alkanes of at least 4 members (excludes halogenated alkanes) is 2. The zero-order valence-corrected chi connectivity index (χ0v) is 23.7. The summed E-state index contributed by atoms with van der Waals surface area (Å²) in [5.74, 6) is -1.74. The smallest absolute Gasteiger partial charge is 0.328 e. The van der Waals surface area contributed by atoms with Gasteiger partial charge in [-0.1, -0.05) is 57.3 Å². The molecule has 2 aliphatic carbocycles. The number of ether oxygens (including phenoxy) is 2. The van der Waals surface area contributed by atoms with Crippen molar-refractivity contribution in [1.82, 2.24) is 0 Å². The maximum Gasteiger partial charge on any atom is 0.328 e. The topological polar surface area (TPSA) is 110 Å². The standard InChI is InChI=1S/C30H48O7/c1-7-9-11-26(34)36-19-30(6)24(37-27(35)12-10-8-2)15-16-29(5)22(14-13-20(3)17-25(32)33)21(4)18-23(31)28(29)30/h17,23-24,28,31H,7-16,18-19H2,1-6H3,(H,32,33)/b20-17+/t23-,24?,28?,29-,30+/m1/s1. The van der Waals surface area contributed by atoms with Gasteiger partial charge < -0.3 is 19.7 Å². The van der Waals surface area contributed by atoms with Crippen molar-refractivity contribution in [1.29, 1.82) is 0 Å². The number of carbonyl (C=O) groups excluding carboxylic acids is 2. The predicted molar refractivity (Wildman–Crippen MR) is 143 cm³/mol. The number of fused-ring (bicyclic) bond motifs is 1. The number of esters is 2. The monoisotopic (exact) mass is 520 g/mol. The molecule has 0 bridgehead atoms. The Labute approximate surface area is 222 Å². The van der Waals surface area contributed by atoms with E-state index in [1.54, 1.807) is 0 Å². The van der Waals surface area contributed by atoms with E-state index in [4.69, 9.17) is 14.6 Å². The lowest BCUT2D eigenvalue weighted by molar-refractivity contribution is -0.197. The highest BCUT2D eigenvalue weighted by Crippen LogP contribution is 2.61. The van der Waals surface area contributed by atoms with E-state index in [0.717, 1.165) is 43.3 Å². The van der Waals surface area contributed by atoms with Gasteiger partial charge in [-0.15, -0.1) is 0 Å². The van der Waals surface area contributed by atoms with E-state index in [-0.39, 0.29) is 29.9 Å². The van der Waals surface area contributed by atoms with Gasteiger partial charge in [0.2, 0.25) is 0 Å². The number of allylic oxidation sites excluding steroid dienone is 2. The zero-order valence-electron chi connectivity index (χ0n) is 23.7. The van der Waals surface area contributed by atoms with Crippen LogP contribution in [-0.4, -0.2) is 46.9 Å². The van der Waals surface area contributed by atoms with Crippen molar-refractivity contribution in [3.8, 4) is 0 Å². The molecule has 2 aliphatic rings. The molecule has 1 fully saturated rings. The molecule has 0 heterocycles. The van der Waals surface area contributed by atoms with Crippen molar-refractivity contribution in [2.24, 2.45) is 16.7 Å². The van der Waals surface area contributed by atoms with Crippen molar-refractivity contribution < 1.29 is 34.1 Å². The minimum absolute atomic E-state index is 0.0862. The van der Waals surface area contributed by atoms with Gasteiger partial charge in [-0.05, 0) is 64.2 Å². The van der Waals surface area contributed by atoms with Gasteiger partial charge in [0, 0.05) is 30.3 Å². The maximum absolute atomic E-state index is 12.7. The fourth-order valence-corrected chi connectivity index (χ4v) is 6.74. The molecule has 37 heavy (non-hydrogen) atoms. The summed E-state index contributed by atoms with van der Waals surface area (Å²) < 4.78 is 11.8. The molecule has 2 rings (SSSR count). The van der Waals surface area contributed by atoms with Crippen LogP contribution in [0.1, 0.15) is 112 Å². The number of aliphatic carboxylic acids is 1. The number of carboxylic acid groups (broad SMARTS) is 1. The summed E-state index contributed by atoms with van der Waals surface area (Å²) in [5.41, 5.74) is 2.02. The molecule has 0 saturated heterocycles. The van der Waals surface area contributed by atoms with Crippen molar-refractivity contribution >= 4 is 17.9 Å². The summed E-state index contributed by atoms with van der Waals surface area (Å²) in [4.78, 5) is 36.3. The predicted octanol–water partition coefficient (Wildman–Crippen LogP) is 6.14. The number of hydrogen-bond donors (Lipinski definition) is 2. The molecule has 0 radical (unpaired) electrons. The highest BCUT2D eigenvalue weighted by atomic mass is 16.6. The van der Waals surface area contributed by atoms with E-state index in [9.17, 15) is 19.5 Å². The van der Waals surface area contributed by atoms with Crippen LogP contribution in [0.4, 0.5) is 0 Å². The Hall–Kier alpha value is -2.15. The molecule has 2 N–H and O–H groups in total. The quantitative estimate of drug-likeness (QED) is 0.171. The molecule has 7 heteroatoms. The van der Waals surface area contributed by atoms with Crippen LogP contribution in [0, 0.1) is 16.7 Å². The molecule has 0 aliphatic heterocycles. The van der Waals surface area contributed by atoms with Gasteiger partial charge in [0.25, 0.3) is 0 Å².